The molecule has 144 valence electrons. The second-order valence-electron chi connectivity index (χ2n) is 6.71. The molecule has 4 rings (SSSR count). The van der Waals surface area contributed by atoms with E-state index in [4.69, 9.17) is 4.74 Å². The van der Waals surface area contributed by atoms with Gasteiger partial charge in [0.05, 0.1) is 19.2 Å². The number of fused-ring (bicyclic) bond motifs is 1. The molecule has 0 fully saturated rings. The molecule has 28 heavy (non-hydrogen) atoms. The molecule has 6 nitrogen and oxygen atoms in total. The molecule has 2 aromatic carbocycles. The van der Waals surface area contributed by atoms with Gasteiger partial charge in [-0.1, -0.05) is 31.2 Å². The summed E-state index contributed by atoms with van der Waals surface area (Å²) >= 11 is 0. The van der Waals surface area contributed by atoms with Crippen LogP contribution in [0.3, 0.4) is 0 Å². The van der Waals surface area contributed by atoms with Crippen LogP contribution in [0.5, 0.6) is 5.75 Å². The van der Waals surface area contributed by atoms with Crippen LogP contribution in [0.1, 0.15) is 43.0 Å². The van der Waals surface area contributed by atoms with E-state index in [1.165, 1.54) is 18.5 Å². The van der Waals surface area contributed by atoms with Gasteiger partial charge in [0.25, 0.3) is 0 Å². The second-order valence-corrected chi connectivity index (χ2v) is 6.71. The van der Waals surface area contributed by atoms with Gasteiger partial charge in [0.1, 0.15) is 17.9 Å². The molecule has 2 heterocycles. The lowest BCUT2D eigenvalue weighted by Gasteiger charge is -2.39. The van der Waals surface area contributed by atoms with E-state index < -0.39 is 0 Å². The van der Waals surface area contributed by atoms with Gasteiger partial charge < -0.3 is 4.74 Å². The number of anilines is 1. The van der Waals surface area contributed by atoms with Gasteiger partial charge in [-0.15, -0.1) is 0 Å². The smallest absolute Gasteiger partial charge is 0.231 e. The minimum Gasteiger partial charge on any atom is -0.497 e. The number of aromatic nitrogens is 3. The van der Waals surface area contributed by atoms with Gasteiger partial charge in [-0.05, 0) is 41.8 Å². The Morgan fingerprint density at radius 3 is 2.39 bits per heavy atom. The van der Waals surface area contributed by atoms with Gasteiger partial charge in [0.15, 0.2) is 0 Å². The van der Waals surface area contributed by atoms with Crippen molar-refractivity contribution in [1.82, 2.24) is 14.8 Å². The molecule has 0 saturated carbocycles. The lowest BCUT2D eigenvalue weighted by molar-refractivity contribution is -0.119. The zero-order valence-electron chi connectivity index (χ0n) is 15.7. The maximum Gasteiger partial charge on any atom is 0.231 e. The number of ether oxygens (including phenoxy) is 1. The molecular formula is C21H21FN4O2. The highest BCUT2D eigenvalue weighted by Crippen LogP contribution is 2.42. The summed E-state index contributed by atoms with van der Waals surface area (Å²) in [5.74, 6) is 0.958. The maximum atomic E-state index is 13.4. The number of carbonyl (C=O) groups excluding carboxylic acids is 1. The summed E-state index contributed by atoms with van der Waals surface area (Å²) in [6, 6.07) is 13.8. The Labute approximate surface area is 162 Å². The molecule has 3 aromatic rings. The van der Waals surface area contributed by atoms with Crippen LogP contribution in [-0.4, -0.2) is 27.8 Å². The number of rotatable bonds is 4. The molecule has 1 aromatic heterocycles. The average Bonchev–Trinajstić information content (AvgIpc) is 3.22. The first-order valence-corrected chi connectivity index (χ1v) is 9.23. The van der Waals surface area contributed by atoms with Gasteiger partial charge in [-0.2, -0.15) is 10.1 Å². The summed E-state index contributed by atoms with van der Waals surface area (Å²) in [4.78, 5) is 18.9. The minimum absolute atomic E-state index is 0.0207. The van der Waals surface area contributed by atoms with Crippen molar-refractivity contribution in [1.29, 1.82) is 0 Å². The Hall–Kier alpha value is -3.22. The number of benzene rings is 2. The van der Waals surface area contributed by atoms with Gasteiger partial charge in [0, 0.05) is 6.42 Å². The van der Waals surface area contributed by atoms with Crippen LogP contribution in [0.2, 0.25) is 0 Å². The summed E-state index contributed by atoms with van der Waals surface area (Å²) < 4.78 is 20.4. The van der Waals surface area contributed by atoms with Crippen molar-refractivity contribution in [2.75, 3.05) is 12.0 Å². The Kier molecular flexibility index (Phi) is 4.81. The lowest BCUT2D eigenvalue weighted by atomic mass is 9.91. The van der Waals surface area contributed by atoms with E-state index in [1.807, 2.05) is 31.2 Å². The van der Waals surface area contributed by atoms with Crippen molar-refractivity contribution in [3.05, 3.63) is 71.8 Å². The number of halogens is 1. The molecule has 0 saturated heterocycles. The van der Waals surface area contributed by atoms with Crippen LogP contribution in [-0.2, 0) is 4.79 Å². The van der Waals surface area contributed by atoms with E-state index in [9.17, 15) is 9.18 Å². The first kappa shape index (κ1) is 18.2. The lowest BCUT2D eigenvalue weighted by Crippen LogP contribution is -2.42. The van der Waals surface area contributed by atoms with E-state index >= 15 is 0 Å². The molecule has 2 atom stereocenters. The van der Waals surface area contributed by atoms with E-state index in [0.29, 0.717) is 18.8 Å². The maximum absolute atomic E-state index is 13.4. The molecule has 0 radical (unpaired) electrons. The van der Waals surface area contributed by atoms with Gasteiger partial charge in [-0.3, -0.25) is 9.69 Å². The first-order chi connectivity index (χ1) is 13.6. The fourth-order valence-corrected chi connectivity index (χ4v) is 3.72. The predicted octanol–water partition coefficient (Wildman–Crippen LogP) is 3.90. The number of hydrogen-bond acceptors (Lipinski definition) is 4. The Morgan fingerprint density at radius 2 is 1.75 bits per heavy atom. The van der Waals surface area contributed by atoms with Gasteiger partial charge >= 0.3 is 0 Å². The number of hydrogen-bond donors (Lipinski definition) is 0. The standard InChI is InChI=1S/C21H21FN4O2/c1-3-20(27)25-18(14-6-10-17(28-2)11-7-14)12-19(26-21(25)23-13-24-26)15-4-8-16(22)9-5-15/h4-11,13,18-19H,3,12H2,1-2H3/t18-,19-/m1/s1. The molecule has 1 amide bonds. The summed E-state index contributed by atoms with van der Waals surface area (Å²) in [5, 5.41) is 4.36. The summed E-state index contributed by atoms with van der Waals surface area (Å²) in [6.45, 7) is 1.83. The van der Waals surface area contributed by atoms with Crippen molar-refractivity contribution in [3.8, 4) is 5.75 Å². The summed E-state index contributed by atoms with van der Waals surface area (Å²) in [6.07, 6.45) is 2.43. The normalized spacial score (nSPS) is 18.6. The highest BCUT2D eigenvalue weighted by atomic mass is 19.1. The van der Waals surface area contributed by atoms with Crippen molar-refractivity contribution >= 4 is 11.9 Å². The Morgan fingerprint density at radius 1 is 1.11 bits per heavy atom. The van der Waals surface area contributed by atoms with Crippen molar-refractivity contribution in [2.45, 2.75) is 31.8 Å². The highest BCUT2D eigenvalue weighted by molar-refractivity contribution is 5.92. The molecular weight excluding hydrogens is 359 g/mol. The molecule has 0 aliphatic carbocycles. The van der Waals surface area contributed by atoms with Crippen LogP contribution in [0.15, 0.2) is 54.9 Å². The van der Waals surface area contributed by atoms with Crippen LogP contribution < -0.4 is 9.64 Å². The van der Waals surface area contributed by atoms with Crippen LogP contribution in [0.25, 0.3) is 0 Å². The SMILES string of the molecule is CCC(=O)N1c2ncnn2[C@@H](c2ccc(F)cc2)C[C@@H]1c1ccc(OC)cc1. The third kappa shape index (κ3) is 3.13. The van der Waals surface area contributed by atoms with Crippen LogP contribution in [0.4, 0.5) is 10.3 Å². The molecule has 1 aliphatic heterocycles. The fraction of sp³-hybridized carbons (Fsp3) is 0.286. The molecule has 0 N–H and O–H groups in total. The highest BCUT2D eigenvalue weighted by Gasteiger charge is 2.38. The number of nitrogens with zero attached hydrogens (tertiary/aromatic N) is 4. The van der Waals surface area contributed by atoms with Crippen molar-refractivity contribution in [3.63, 3.8) is 0 Å². The summed E-state index contributed by atoms with van der Waals surface area (Å²) in [5.41, 5.74) is 1.92. The molecule has 7 heteroatoms. The molecule has 0 spiro atoms. The first-order valence-electron chi connectivity index (χ1n) is 9.23. The van der Waals surface area contributed by atoms with Crippen molar-refractivity contribution in [2.24, 2.45) is 0 Å². The third-order valence-electron chi connectivity index (χ3n) is 5.15. The third-order valence-corrected chi connectivity index (χ3v) is 5.15. The average molecular weight is 380 g/mol. The van der Waals surface area contributed by atoms with E-state index in [0.717, 1.165) is 16.9 Å². The fourth-order valence-electron chi connectivity index (χ4n) is 3.72. The van der Waals surface area contributed by atoms with Crippen LogP contribution >= 0.6 is 0 Å². The van der Waals surface area contributed by atoms with Gasteiger partial charge in [0.2, 0.25) is 11.9 Å². The molecule has 0 bridgehead atoms. The topological polar surface area (TPSA) is 60.2 Å². The zero-order chi connectivity index (χ0) is 19.7. The molecule has 1 aliphatic rings. The van der Waals surface area contributed by atoms with E-state index in [-0.39, 0.29) is 23.8 Å². The monoisotopic (exact) mass is 380 g/mol. The number of carbonyl (C=O) groups is 1. The van der Waals surface area contributed by atoms with E-state index in [1.54, 1.807) is 28.8 Å². The quantitative estimate of drug-likeness (QED) is 0.689. The predicted molar refractivity (Wildman–Crippen MR) is 103 cm³/mol. The number of amides is 1. The number of methoxy groups -OCH3 is 1. The minimum atomic E-state index is -0.284. The largest absolute Gasteiger partial charge is 0.497 e. The van der Waals surface area contributed by atoms with Gasteiger partial charge in [-0.25, -0.2) is 9.07 Å². The van der Waals surface area contributed by atoms with E-state index in [2.05, 4.69) is 10.1 Å². The Balaban J connectivity index is 1.81. The zero-order valence-corrected chi connectivity index (χ0v) is 15.7. The summed E-state index contributed by atoms with van der Waals surface area (Å²) in [7, 11) is 1.62. The second kappa shape index (κ2) is 7.42. The molecule has 0 unspecified atom stereocenters. The van der Waals surface area contributed by atoms with Crippen LogP contribution in [0, 0.1) is 5.82 Å². The Bertz CT molecular complexity index is 969. The van der Waals surface area contributed by atoms with Crippen molar-refractivity contribution < 1.29 is 13.9 Å².